The molecule has 1 aromatic rings. The first-order valence-corrected chi connectivity index (χ1v) is 15.0. The van der Waals surface area contributed by atoms with Crippen molar-refractivity contribution in [1.82, 2.24) is 4.90 Å². The van der Waals surface area contributed by atoms with E-state index in [2.05, 4.69) is 68.5 Å². The largest absolute Gasteiger partial charge is 0.412 e. The van der Waals surface area contributed by atoms with Gasteiger partial charge in [-0.05, 0) is 49.2 Å². The van der Waals surface area contributed by atoms with Gasteiger partial charge >= 0.3 is 0 Å². The topological polar surface area (TPSA) is 24.9 Å². The van der Waals surface area contributed by atoms with Crippen LogP contribution in [0.2, 0.25) is 18.1 Å². The van der Waals surface area contributed by atoms with Crippen LogP contribution >= 0.6 is 0 Å². The van der Waals surface area contributed by atoms with E-state index in [1.807, 2.05) is 18.2 Å². The van der Waals surface area contributed by atoms with Crippen molar-refractivity contribution in [2.75, 3.05) is 44.3 Å². The lowest BCUT2D eigenvalue weighted by Crippen LogP contribution is -2.40. The fourth-order valence-electron chi connectivity index (χ4n) is 3.81. The number of benzene rings is 1. The Morgan fingerprint density at radius 2 is 1.82 bits per heavy atom. The molecule has 1 saturated heterocycles. The number of allylic oxidation sites excluding steroid dienone is 2. The second kappa shape index (κ2) is 11.0. The van der Waals surface area contributed by atoms with Gasteiger partial charge in [0.05, 0.1) is 25.5 Å². The van der Waals surface area contributed by atoms with Crippen LogP contribution in [0.3, 0.4) is 0 Å². The Labute approximate surface area is 200 Å². The molecule has 2 heterocycles. The number of hydrogen-bond donors (Lipinski definition) is 0. The Morgan fingerprint density at radius 3 is 2.52 bits per heavy atom. The lowest BCUT2D eigenvalue weighted by molar-refractivity contribution is 0.0553. The van der Waals surface area contributed by atoms with Gasteiger partial charge in [0.25, 0.3) is 0 Å². The molecule has 6 heteroatoms. The summed E-state index contributed by atoms with van der Waals surface area (Å²) in [6.07, 6.45) is 8.20. The Morgan fingerprint density at radius 1 is 1.09 bits per heavy atom. The molecule has 33 heavy (non-hydrogen) atoms. The third-order valence-corrected chi connectivity index (χ3v) is 11.6. The van der Waals surface area contributed by atoms with Gasteiger partial charge < -0.3 is 19.0 Å². The quantitative estimate of drug-likeness (QED) is 0.471. The zero-order valence-corrected chi connectivity index (χ0v) is 22.1. The predicted octanol–water partition coefficient (Wildman–Crippen LogP) is 6.28. The van der Waals surface area contributed by atoms with E-state index < -0.39 is 8.32 Å². The van der Waals surface area contributed by atoms with Crippen molar-refractivity contribution < 1.29 is 13.6 Å². The smallest absolute Gasteiger partial charge is 0.192 e. The first-order valence-electron chi connectivity index (χ1n) is 12.1. The van der Waals surface area contributed by atoms with Crippen molar-refractivity contribution in [2.45, 2.75) is 58.4 Å². The van der Waals surface area contributed by atoms with Gasteiger partial charge in [-0.3, -0.25) is 0 Å². The Bertz CT molecular complexity index is 883. The fraction of sp³-hybridized carbons (Fsp3) is 0.556. The fourth-order valence-corrected chi connectivity index (χ4v) is 4.76. The van der Waals surface area contributed by atoms with Crippen LogP contribution in [0.15, 0.2) is 54.3 Å². The molecule has 2 aliphatic heterocycles. The van der Waals surface area contributed by atoms with Crippen LogP contribution in [-0.2, 0) is 15.8 Å². The van der Waals surface area contributed by atoms with Crippen molar-refractivity contribution >= 4 is 14.0 Å². The lowest BCUT2D eigenvalue weighted by atomic mass is 10.1. The van der Waals surface area contributed by atoms with Gasteiger partial charge in [-0.1, -0.05) is 51.1 Å². The minimum Gasteiger partial charge on any atom is -0.412 e. The van der Waals surface area contributed by atoms with Gasteiger partial charge in [-0.15, -0.1) is 0 Å². The Kier molecular flexibility index (Phi) is 8.59. The number of ether oxygens (including phenoxy) is 1. The highest BCUT2D eigenvalue weighted by Gasteiger charge is 2.37. The number of rotatable bonds is 5. The van der Waals surface area contributed by atoms with E-state index in [9.17, 15) is 0 Å². The van der Waals surface area contributed by atoms with Crippen molar-refractivity contribution in [1.29, 1.82) is 0 Å². The highest BCUT2D eigenvalue weighted by molar-refractivity contribution is 6.74. The SMILES string of the molecule is C=C1/C=C(N2CCOCC2)\C=C/CCN(c2cccc(CO[Si](C)(C)C(C)(C)C)c2F)CC1. The summed E-state index contributed by atoms with van der Waals surface area (Å²) in [5, 5.41) is 0.0984. The highest BCUT2D eigenvalue weighted by Crippen LogP contribution is 2.37. The minimum absolute atomic E-state index is 0.0984. The van der Waals surface area contributed by atoms with Crippen LogP contribution in [0.25, 0.3) is 0 Å². The maximum Gasteiger partial charge on any atom is 0.192 e. The molecule has 4 nitrogen and oxygen atoms in total. The molecule has 0 aromatic heterocycles. The molecule has 0 spiro atoms. The van der Waals surface area contributed by atoms with E-state index in [1.54, 1.807) is 0 Å². The van der Waals surface area contributed by atoms with E-state index in [1.165, 1.54) is 5.70 Å². The second-order valence-electron chi connectivity index (χ2n) is 10.6. The van der Waals surface area contributed by atoms with Crippen molar-refractivity contribution in [3.8, 4) is 0 Å². The van der Waals surface area contributed by atoms with Crippen LogP contribution in [0.4, 0.5) is 10.1 Å². The Balaban J connectivity index is 1.71. The van der Waals surface area contributed by atoms with Gasteiger partial charge in [0.15, 0.2) is 14.1 Å². The predicted molar refractivity (Wildman–Crippen MR) is 139 cm³/mol. The third-order valence-electron chi connectivity index (χ3n) is 7.08. The second-order valence-corrected chi connectivity index (χ2v) is 15.4. The molecule has 3 rings (SSSR count). The van der Waals surface area contributed by atoms with E-state index in [0.29, 0.717) is 17.9 Å². The number of nitrogens with zero attached hydrogens (tertiary/aromatic N) is 2. The van der Waals surface area contributed by atoms with E-state index in [-0.39, 0.29) is 10.9 Å². The van der Waals surface area contributed by atoms with Gasteiger partial charge in [0.1, 0.15) is 0 Å². The molecule has 0 radical (unpaired) electrons. The average molecular weight is 473 g/mol. The molecule has 2 aliphatic rings. The molecule has 0 N–H and O–H groups in total. The minimum atomic E-state index is -1.94. The number of halogens is 1. The molecular formula is C27H41FN2O2Si. The van der Waals surface area contributed by atoms with Crippen LogP contribution in [0.5, 0.6) is 0 Å². The first-order chi connectivity index (χ1) is 15.6. The van der Waals surface area contributed by atoms with Crippen LogP contribution in [0, 0.1) is 5.82 Å². The molecule has 0 amide bonds. The summed E-state index contributed by atoms with van der Waals surface area (Å²) >= 11 is 0. The first kappa shape index (κ1) is 25.7. The summed E-state index contributed by atoms with van der Waals surface area (Å²) in [6, 6.07) is 5.69. The Hall–Kier alpha value is -1.89. The molecule has 0 bridgehead atoms. The molecule has 0 unspecified atom stereocenters. The zero-order valence-electron chi connectivity index (χ0n) is 21.1. The monoisotopic (exact) mass is 472 g/mol. The standard InChI is InChI=1S/C27H41FN2O2Si/c1-22-13-15-30(14-8-7-11-24(20-22)29-16-18-31-19-17-29)25-12-9-10-23(26(25)28)21-32-33(5,6)27(2,3)4/h7,9-12,20H,1,8,13-19,21H2,2-6H3/b11-7-,24-20+. The van der Waals surface area contributed by atoms with Gasteiger partial charge in [-0.2, -0.15) is 0 Å². The summed E-state index contributed by atoms with van der Waals surface area (Å²) in [6.45, 7) is 20.5. The van der Waals surface area contributed by atoms with Crippen molar-refractivity contribution in [3.05, 3.63) is 65.7 Å². The maximum atomic E-state index is 15.6. The third kappa shape index (κ3) is 6.81. The molecule has 182 valence electrons. The van der Waals surface area contributed by atoms with Gasteiger partial charge in [0, 0.05) is 37.4 Å². The van der Waals surface area contributed by atoms with Gasteiger partial charge in [-0.25, -0.2) is 4.39 Å². The molecule has 0 aliphatic carbocycles. The normalized spacial score (nSPS) is 21.5. The lowest BCUT2D eigenvalue weighted by Gasteiger charge is -2.36. The van der Waals surface area contributed by atoms with Crippen LogP contribution in [-0.4, -0.2) is 52.6 Å². The highest BCUT2D eigenvalue weighted by atomic mass is 28.4. The molecule has 0 atom stereocenters. The molecule has 1 aromatic carbocycles. The van der Waals surface area contributed by atoms with E-state index in [0.717, 1.165) is 57.8 Å². The number of morpholine rings is 1. The van der Waals surface area contributed by atoms with Crippen LogP contribution in [0.1, 0.15) is 39.2 Å². The van der Waals surface area contributed by atoms with Crippen LogP contribution < -0.4 is 4.90 Å². The van der Waals surface area contributed by atoms with Crippen molar-refractivity contribution in [2.24, 2.45) is 0 Å². The van der Waals surface area contributed by atoms with E-state index in [4.69, 9.17) is 9.16 Å². The zero-order chi connectivity index (χ0) is 24.1. The van der Waals surface area contributed by atoms with Gasteiger partial charge in [0.2, 0.25) is 0 Å². The van der Waals surface area contributed by atoms with E-state index >= 15 is 4.39 Å². The van der Waals surface area contributed by atoms with Crippen molar-refractivity contribution in [3.63, 3.8) is 0 Å². The summed E-state index contributed by atoms with van der Waals surface area (Å²) in [5.74, 6) is -0.160. The maximum absolute atomic E-state index is 15.6. The number of hydrogen-bond acceptors (Lipinski definition) is 4. The molecular weight excluding hydrogens is 431 g/mol. The summed E-state index contributed by atoms with van der Waals surface area (Å²) in [5.41, 5.74) is 3.56. The molecule has 1 fully saturated rings. The summed E-state index contributed by atoms with van der Waals surface area (Å²) < 4.78 is 27.4. The summed E-state index contributed by atoms with van der Waals surface area (Å²) in [4.78, 5) is 4.50. The summed E-state index contributed by atoms with van der Waals surface area (Å²) in [7, 11) is -1.94. The molecule has 0 saturated carbocycles. The number of anilines is 1. The average Bonchev–Trinajstić information content (AvgIpc) is 2.77.